The molecule has 100 valence electrons. The van der Waals surface area contributed by atoms with E-state index in [4.69, 9.17) is 21.4 Å². The molecule has 0 radical (unpaired) electrons. The van der Waals surface area contributed by atoms with Gasteiger partial charge in [0.15, 0.2) is 0 Å². The molecule has 1 fully saturated rings. The molecule has 18 heavy (non-hydrogen) atoms. The summed E-state index contributed by atoms with van der Waals surface area (Å²) in [6.45, 7) is 2.30. The van der Waals surface area contributed by atoms with Crippen LogP contribution in [-0.4, -0.2) is 17.8 Å². The predicted octanol–water partition coefficient (Wildman–Crippen LogP) is 3.97. The topological polar surface area (TPSA) is 29.5 Å². The maximum absolute atomic E-state index is 8.94. The van der Waals surface area contributed by atoms with Crippen LogP contribution in [0.15, 0.2) is 18.2 Å². The molecule has 3 heteroatoms. The highest BCUT2D eigenvalue weighted by molar-refractivity contribution is 6.31. The minimum Gasteiger partial charge on any atom is -0.490 e. The molecule has 0 saturated heterocycles. The zero-order valence-electron chi connectivity index (χ0n) is 10.9. The molecule has 1 aliphatic rings. The Labute approximate surface area is 114 Å². The average molecular weight is 269 g/mol. The highest BCUT2D eigenvalue weighted by atomic mass is 35.5. The van der Waals surface area contributed by atoms with E-state index in [0.717, 1.165) is 48.4 Å². The lowest BCUT2D eigenvalue weighted by molar-refractivity contribution is 0.119. The van der Waals surface area contributed by atoms with Crippen molar-refractivity contribution < 1.29 is 9.84 Å². The van der Waals surface area contributed by atoms with E-state index in [0.29, 0.717) is 18.6 Å². The van der Waals surface area contributed by atoms with Crippen molar-refractivity contribution in [1.82, 2.24) is 0 Å². The molecule has 1 aromatic carbocycles. The lowest BCUT2D eigenvalue weighted by Gasteiger charge is -2.29. The number of aliphatic hydroxyl groups is 1. The van der Waals surface area contributed by atoms with Gasteiger partial charge in [-0.3, -0.25) is 0 Å². The Bertz CT molecular complexity index is 384. The molecule has 1 saturated carbocycles. The molecular weight excluding hydrogens is 248 g/mol. The first kappa shape index (κ1) is 13.7. The zero-order valence-corrected chi connectivity index (χ0v) is 11.6. The van der Waals surface area contributed by atoms with Gasteiger partial charge in [0.1, 0.15) is 5.75 Å². The first-order valence-corrected chi connectivity index (χ1v) is 7.11. The van der Waals surface area contributed by atoms with Crippen molar-refractivity contribution in [1.29, 1.82) is 0 Å². The van der Waals surface area contributed by atoms with Crippen LogP contribution in [0.5, 0.6) is 5.75 Å². The van der Waals surface area contributed by atoms with E-state index in [1.54, 1.807) is 0 Å². The van der Waals surface area contributed by atoms with Crippen molar-refractivity contribution in [3.8, 4) is 5.75 Å². The van der Waals surface area contributed by atoms with Crippen LogP contribution in [-0.2, 0) is 0 Å². The molecule has 2 rings (SSSR count). The van der Waals surface area contributed by atoms with Crippen molar-refractivity contribution in [2.75, 3.05) is 6.61 Å². The molecule has 0 bridgehead atoms. The lowest BCUT2D eigenvalue weighted by atomic mass is 9.85. The summed E-state index contributed by atoms with van der Waals surface area (Å²) in [4.78, 5) is 0. The molecule has 0 amide bonds. The third-order valence-corrected chi connectivity index (χ3v) is 4.25. The number of rotatable bonds is 4. The van der Waals surface area contributed by atoms with Gasteiger partial charge in [0.25, 0.3) is 0 Å². The number of aliphatic hydroxyl groups excluding tert-OH is 1. The monoisotopic (exact) mass is 268 g/mol. The fourth-order valence-corrected chi connectivity index (χ4v) is 2.78. The molecule has 0 spiro atoms. The minimum absolute atomic E-state index is 0.303. The Morgan fingerprint density at radius 3 is 2.67 bits per heavy atom. The quantitative estimate of drug-likeness (QED) is 0.895. The molecule has 0 heterocycles. The van der Waals surface area contributed by atoms with Gasteiger partial charge in [-0.1, -0.05) is 17.7 Å². The van der Waals surface area contributed by atoms with E-state index >= 15 is 0 Å². The van der Waals surface area contributed by atoms with E-state index in [2.05, 4.69) is 0 Å². The van der Waals surface area contributed by atoms with Crippen LogP contribution in [0.2, 0.25) is 5.02 Å². The third-order valence-electron chi connectivity index (χ3n) is 3.84. The second-order valence-corrected chi connectivity index (χ2v) is 5.54. The maximum atomic E-state index is 8.94. The first-order valence-electron chi connectivity index (χ1n) is 6.73. The number of benzene rings is 1. The van der Waals surface area contributed by atoms with E-state index in [-0.39, 0.29) is 0 Å². The summed E-state index contributed by atoms with van der Waals surface area (Å²) in [6, 6.07) is 5.81. The largest absolute Gasteiger partial charge is 0.490 e. The molecule has 2 nitrogen and oxygen atoms in total. The molecule has 1 N–H and O–H groups in total. The SMILES string of the molecule is Cc1c(Cl)cccc1OC1CCC(CCO)CC1. The number of hydrogen-bond donors (Lipinski definition) is 1. The van der Waals surface area contributed by atoms with Gasteiger partial charge in [-0.05, 0) is 57.1 Å². The summed E-state index contributed by atoms with van der Waals surface area (Å²) in [5.41, 5.74) is 1.02. The molecule has 0 unspecified atom stereocenters. The Morgan fingerprint density at radius 2 is 2.00 bits per heavy atom. The second kappa shape index (κ2) is 6.44. The normalized spacial score (nSPS) is 23.9. The minimum atomic E-state index is 0.303. The van der Waals surface area contributed by atoms with Crippen LogP contribution in [0.3, 0.4) is 0 Å². The lowest BCUT2D eigenvalue weighted by Crippen LogP contribution is -2.24. The van der Waals surface area contributed by atoms with Crippen LogP contribution in [0.25, 0.3) is 0 Å². The van der Waals surface area contributed by atoms with Crippen molar-refractivity contribution in [2.45, 2.75) is 45.1 Å². The molecular formula is C15H21ClO2. The molecule has 0 aromatic heterocycles. The van der Waals surface area contributed by atoms with E-state index in [1.807, 2.05) is 25.1 Å². The zero-order chi connectivity index (χ0) is 13.0. The first-order chi connectivity index (χ1) is 8.70. The molecule has 1 aliphatic carbocycles. The second-order valence-electron chi connectivity index (χ2n) is 5.14. The van der Waals surface area contributed by atoms with Crippen molar-refractivity contribution in [3.05, 3.63) is 28.8 Å². The fraction of sp³-hybridized carbons (Fsp3) is 0.600. The standard InChI is InChI=1S/C15H21ClO2/c1-11-14(16)3-2-4-15(11)18-13-7-5-12(6-8-13)9-10-17/h2-4,12-13,17H,5-10H2,1H3. The summed E-state index contributed by atoms with van der Waals surface area (Å²) >= 11 is 6.09. The highest BCUT2D eigenvalue weighted by Crippen LogP contribution is 2.32. The Hall–Kier alpha value is -0.730. The Morgan fingerprint density at radius 1 is 1.28 bits per heavy atom. The molecule has 0 atom stereocenters. The van der Waals surface area contributed by atoms with Crippen molar-refractivity contribution in [3.63, 3.8) is 0 Å². The van der Waals surface area contributed by atoms with Gasteiger partial charge in [0.2, 0.25) is 0 Å². The summed E-state index contributed by atoms with van der Waals surface area (Å²) < 4.78 is 6.05. The Balaban J connectivity index is 1.90. The average Bonchev–Trinajstić information content (AvgIpc) is 2.38. The van der Waals surface area contributed by atoms with Crippen molar-refractivity contribution >= 4 is 11.6 Å². The summed E-state index contributed by atoms with van der Waals surface area (Å²) in [7, 11) is 0. The summed E-state index contributed by atoms with van der Waals surface area (Å²) in [5, 5.41) is 9.71. The van der Waals surface area contributed by atoms with E-state index in [9.17, 15) is 0 Å². The van der Waals surface area contributed by atoms with Gasteiger partial charge in [-0.15, -0.1) is 0 Å². The van der Waals surface area contributed by atoms with Crippen LogP contribution in [0.1, 0.15) is 37.7 Å². The summed E-state index contributed by atoms with van der Waals surface area (Å²) in [6.07, 6.45) is 5.71. The number of hydrogen-bond acceptors (Lipinski definition) is 2. The maximum Gasteiger partial charge on any atom is 0.124 e. The number of halogens is 1. The van der Waals surface area contributed by atoms with Gasteiger partial charge in [0.05, 0.1) is 6.10 Å². The van der Waals surface area contributed by atoms with Gasteiger partial charge < -0.3 is 9.84 Å². The van der Waals surface area contributed by atoms with Crippen LogP contribution >= 0.6 is 11.6 Å². The van der Waals surface area contributed by atoms with Gasteiger partial charge in [-0.2, -0.15) is 0 Å². The molecule has 0 aliphatic heterocycles. The molecule has 1 aromatic rings. The van der Waals surface area contributed by atoms with Gasteiger partial charge in [0, 0.05) is 17.2 Å². The summed E-state index contributed by atoms with van der Waals surface area (Å²) in [5.74, 6) is 1.59. The number of ether oxygens (including phenoxy) is 1. The Kier molecular flexibility index (Phi) is 4.90. The van der Waals surface area contributed by atoms with E-state index in [1.165, 1.54) is 0 Å². The highest BCUT2D eigenvalue weighted by Gasteiger charge is 2.22. The predicted molar refractivity (Wildman–Crippen MR) is 74.3 cm³/mol. The smallest absolute Gasteiger partial charge is 0.124 e. The van der Waals surface area contributed by atoms with Crippen LogP contribution in [0, 0.1) is 12.8 Å². The van der Waals surface area contributed by atoms with Crippen LogP contribution in [0.4, 0.5) is 0 Å². The third kappa shape index (κ3) is 3.39. The van der Waals surface area contributed by atoms with Crippen molar-refractivity contribution in [2.24, 2.45) is 5.92 Å². The van der Waals surface area contributed by atoms with Gasteiger partial charge in [-0.25, -0.2) is 0 Å². The van der Waals surface area contributed by atoms with Crippen LogP contribution < -0.4 is 4.74 Å². The van der Waals surface area contributed by atoms with E-state index < -0.39 is 0 Å². The fourth-order valence-electron chi connectivity index (χ4n) is 2.62. The van der Waals surface area contributed by atoms with Gasteiger partial charge >= 0.3 is 0 Å².